The summed E-state index contributed by atoms with van der Waals surface area (Å²) < 4.78 is 18.6. The number of anilines is 2. The molecule has 6 heteroatoms. The highest BCUT2D eigenvalue weighted by atomic mass is 19.1. The zero-order valence-electron chi connectivity index (χ0n) is 14.5. The molecule has 0 bridgehead atoms. The molecule has 0 unspecified atom stereocenters. The Labute approximate surface area is 155 Å². The van der Waals surface area contributed by atoms with Crippen LogP contribution in [-0.2, 0) is 0 Å². The Bertz CT molecular complexity index is 1000. The Morgan fingerprint density at radius 2 is 1.78 bits per heavy atom. The van der Waals surface area contributed by atoms with Crippen molar-refractivity contribution in [2.45, 2.75) is 6.17 Å². The van der Waals surface area contributed by atoms with Crippen LogP contribution in [0.4, 0.5) is 15.8 Å². The molecule has 0 spiro atoms. The number of hydrogen-bond acceptors (Lipinski definition) is 4. The second kappa shape index (κ2) is 6.64. The predicted molar refractivity (Wildman–Crippen MR) is 101 cm³/mol. The zero-order valence-corrected chi connectivity index (χ0v) is 14.5. The first-order chi connectivity index (χ1) is 13.1. The standard InChI is InChI=1S/C21H17FN2O3/c1-27-18-8-4-6-16(19(18)25)20-23-17-7-3-2-5-15(17)21(26)24(20)14-11-9-13(22)10-12-14/h2-12,20,23,25H,1H3/t20-/m1/s1. The fraction of sp³-hybridized carbons (Fsp3) is 0.0952. The first-order valence-corrected chi connectivity index (χ1v) is 8.40. The van der Waals surface area contributed by atoms with Crippen LogP contribution in [0.5, 0.6) is 11.5 Å². The zero-order chi connectivity index (χ0) is 19.0. The van der Waals surface area contributed by atoms with Crippen molar-refractivity contribution in [3.63, 3.8) is 0 Å². The number of ether oxygens (including phenoxy) is 1. The molecule has 0 aliphatic carbocycles. The number of nitrogens with zero attached hydrogens (tertiary/aromatic N) is 1. The van der Waals surface area contributed by atoms with Gasteiger partial charge >= 0.3 is 0 Å². The summed E-state index contributed by atoms with van der Waals surface area (Å²) in [6, 6.07) is 17.9. The minimum atomic E-state index is -0.687. The van der Waals surface area contributed by atoms with E-state index < -0.39 is 12.0 Å². The van der Waals surface area contributed by atoms with Gasteiger partial charge in [0, 0.05) is 16.9 Å². The fourth-order valence-corrected chi connectivity index (χ4v) is 3.26. The monoisotopic (exact) mass is 364 g/mol. The van der Waals surface area contributed by atoms with Crippen molar-refractivity contribution < 1.29 is 19.0 Å². The molecule has 1 atom stereocenters. The maximum atomic E-state index is 13.4. The van der Waals surface area contributed by atoms with E-state index in [1.54, 1.807) is 36.4 Å². The number of hydrogen-bond donors (Lipinski definition) is 2. The molecule has 1 aliphatic rings. The van der Waals surface area contributed by atoms with Crippen molar-refractivity contribution in [1.82, 2.24) is 0 Å². The highest BCUT2D eigenvalue weighted by Crippen LogP contribution is 2.41. The van der Waals surface area contributed by atoms with Gasteiger partial charge in [-0.1, -0.05) is 24.3 Å². The third kappa shape index (κ3) is 2.85. The minimum Gasteiger partial charge on any atom is -0.504 e. The number of methoxy groups -OCH3 is 1. The Morgan fingerprint density at radius 1 is 1.04 bits per heavy atom. The molecule has 27 heavy (non-hydrogen) atoms. The van der Waals surface area contributed by atoms with Gasteiger partial charge in [-0.05, 0) is 42.5 Å². The summed E-state index contributed by atoms with van der Waals surface area (Å²) in [5.41, 5.74) is 2.14. The largest absolute Gasteiger partial charge is 0.504 e. The van der Waals surface area contributed by atoms with Gasteiger partial charge in [0.05, 0.1) is 12.7 Å². The lowest BCUT2D eigenvalue weighted by atomic mass is 10.0. The lowest BCUT2D eigenvalue weighted by molar-refractivity contribution is 0.0974. The average Bonchev–Trinajstić information content (AvgIpc) is 2.69. The number of phenols is 1. The molecule has 0 fully saturated rings. The first-order valence-electron chi connectivity index (χ1n) is 8.40. The molecule has 0 saturated carbocycles. The van der Waals surface area contributed by atoms with Crippen LogP contribution in [-0.4, -0.2) is 18.1 Å². The van der Waals surface area contributed by atoms with E-state index in [4.69, 9.17) is 4.74 Å². The number of halogens is 1. The van der Waals surface area contributed by atoms with E-state index in [-0.39, 0.29) is 11.7 Å². The van der Waals surface area contributed by atoms with Crippen molar-refractivity contribution >= 4 is 17.3 Å². The second-order valence-corrected chi connectivity index (χ2v) is 6.14. The molecule has 1 amide bonds. The van der Waals surface area contributed by atoms with Crippen molar-refractivity contribution in [3.8, 4) is 11.5 Å². The van der Waals surface area contributed by atoms with E-state index in [1.165, 1.54) is 36.3 Å². The number of carbonyl (C=O) groups excluding carboxylic acids is 1. The lowest BCUT2D eigenvalue weighted by Gasteiger charge is -2.38. The van der Waals surface area contributed by atoms with Gasteiger partial charge in [0.25, 0.3) is 5.91 Å². The van der Waals surface area contributed by atoms with Gasteiger partial charge in [-0.2, -0.15) is 0 Å². The van der Waals surface area contributed by atoms with Crippen molar-refractivity contribution in [2.24, 2.45) is 0 Å². The maximum Gasteiger partial charge on any atom is 0.262 e. The lowest BCUT2D eigenvalue weighted by Crippen LogP contribution is -2.43. The van der Waals surface area contributed by atoms with Gasteiger partial charge in [0.2, 0.25) is 0 Å². The number of para-hydroxylation sites is 2. The molecule has 0 aromatic heterocycles. The van der Waals surface area contributed by atoms with Crippen LogP contribution < -0.4 is 15.0 Å². The highest BCUT2D eigenvalue weighted by Gasteiger charge is 2.35. The third-order valence-corrected chi connectivity index (χ3v) is 4.58. The molecular formula is C21H17FN2O3. The summed E-state index contributed by atoms with van der Waals surface area (Å²) in [7, 11) is 1.46. The maximum absolute atomic E-state index is 13.4. The van der Waals surface area contributed by atoms with Crippen molar-refractivity contribution in [2.75, 3.05) is 17.3 Å². The van der Waals surface area contributed by atoms with Crippen LogP contribution in [0, 0.1) is 5.82 Å². The number of amides is 1. The van der Waals surface area contributed by atoms with E-state index in [0.29, 0.717) is 28.3 Å². The summed E-state index contributed by atoms with van der Waals surface area (Å²) in [5.74, 6) is -0.392. The number of aromatic hydroxyl groups is 1. The molecule has 0 saturated heterocycles. The third-order valence-electron chi connectivity index (χ3n) is 4.58. The van der Waals surface area contributed by atoms with Crippen LogP contribution in [0.3, 0.4) is 0 Å². The van der Waals surface area contributed by atoms with Crippen LogP contribution >= 0.6 is 0 Å². The summed E-state index contributed by atoms with van der Waals surface area (Å²) in [6.07, 6.45) is -0.687. The molecule has 3 aromatic rings. The second-order valence-electron chi connectivity index (χ2n) is 6.14. The van der Waals surface area contributed by atoms with Gasteiger partial charge in [0.15, 0.2) is 11.5 Å². The summed E-state index contributed by atoms with van der Waals surface area (Å²) in [5, 5.41) is 13.9. The number of phenolic OH excluding ortho intramolecular Hbond substituents is 1. The predicted octanol–water partition coefficient (Wildman–Crippen LogP) is 4.31. The molecule has 2 N–H and O–H groups in total. The van der Waals surface area contributed by atoms with E-state index >= 15 is 0 Å². The molecule has 5 nitrogen and oxygen atoms in total. The van der Waals surface area contributed by atoms with Crippen LogP contribution in [0.2, 0.25) is 0 Å². The van der Waals surface area contributed by atoms with E-state index in [9.17, 15) is 14.3 Å². The number of carbonyl (C=O) groups is 1. The fourth-order valence-electron chi connectivity index (χ4n) is 3.26. The Balaban J connectivity index is 1.89. The van der Waals surface area contributed by atoms with Crippen molar-refractivity contribution in [3.05, 3.63) is 83.7 Å². The SMILES string of the molecule is COc1cccc([C@@H]2Nc3ccccc3C(=O)N2c2ccc(F)cc2)c1O. The van der Waals surface area contributed by atoms with Crippen molar-refractivity contribution in [1.29, 1.82) is 0 Å². The first kappa shape index (κ1) is 16.9. The molecule has 4 rings (SSSR count). The quantitative estimate of drug-likeness (QED) is 0.727. The number of benzene rings is 3. The highest BCUT2D eigenvalue weighted by molar-refractivity contribution is 6.12. The van der Waals surface area contributed by atoms with Gasteiger partial charge in [-0.25, -0.2) is 4.39 Å². The number of fused-ring (bicyclic) bond motifs is 1. The molecule has 3 aromatic carbocycles. The van der Waals surface area contributed by atoms with Gasteiger partial charge in [-0.3, -0.25) is 9.69 Å². The van der Waals surface area contributed by atoms with Crippen LogP contribution in [0.15, 0.2) is 66.7 Å². The molecule has 1 aliphatic heterocycles. The summed E-state index contributed by atoms with van der Waals surface area (Å²) >= 11 is 0. The summed E-state index contributed by atoms with van der Waals surface area (Å²) in [4.78, 5) is 14.7. The van der Waals surface area contributed by atoms with Crippen LogP contribution in [0.25, 0.3) is 0 Å². The minimum absolute atomic E-state index is 0.0585. The Morgan fingerprint density at radius 3 is 2.52 bits per heavy atom. The molecule has 136 valence electrons. The normalized spacial score (nSPS) is 15.9. The molecular weight excluding hydrogens is 347 g/mol. The molecule has 0 radical (unpaired) electrons. The van der Waals surface area contributed by atoms with Crippen LogP contribution in [0.1, 0.15) is 22.1 Å². The van der Waals surface area contributed by atoms with E-state index in [0.717, 1.165) is 0 Å². The molecule has 1 heterocycles. The topological polar surface area (TPSA) is 61.8 Å². The van der Waals surface area contributed by atoms with Gasteiger partial charge in [0.1, 0.15) is 12.0 Å². The average molecular weight is 364 g/mol. The summed E-state index contributed by atoms with van der Waals surface area (Å²) in [6.45, 7) is 0. The van der Waals surface area contributed by atoms with Gasteiger partial charge < -0.3 is 15.2 Å². The van der Waals surface area contributed by atoms with Gasteiger partial charge in [-0.15, -0.1) is 0 Å². The Kier molecular flexibility index (Phi) is 4.16. The number of rotatable bonds is 3. The van der Waals surface area contributed by atoms with E-state index in [2.05, 4.69) is 5.32 Å². The van der Waals surface area contributed by atoms with E-state index in [1.807, 2.05) is 6.07 Å². The smallest absolute Gasteiger partial charge is 0.262 e. The number of nitrogens with one attached hydrogen (secondary N) is 1. The Hall–Kier alpha value is -3.54.